The zero-order chi connectivity index (χ0) is 18.6. The molecule has 9 heteroatoms. The number of rotatable bonds is 7. The van der Waals surface area contributed by atoms with Crippen LogP contribution in [0.2, 0.25) is 0 Å². The van der Waals surface area contributed by atoms with Crippen LogP contribution in [-0.4, -0.2) is 26.3 Å². The Balaban J connectivity index is 1.53. The molecule has 0 radical (unpaired) electrons. The molecule has 1 aromatic carbocycles. The van der Waals surface area contributed by atoms with Gasteiger partial charge in [0.05, 0.1) is 11.3 Å². The lowest BCUT2D eigenvalue weighted by molar-refractivity contribution is -0.137. The maximum atomic E-state index is 12.6. The maximum Gasteiger partial charge on any atom is 0.416 e. The molecule has 0 fully saturated rings. The fourth-order valence-corrected chi connectivity index (χ4v) is 3.30. The van der Waals surface area contributed by atoms with Gasteiger partial charge < -0.3 is 9.88 Å². The maximum absolute atomic E-state index is 12.6. The highest BCUT2D eigenvalue weighted by Crippen LogP contribution is 2.31. The number of aryl methyl sites for hydroxylation is 1. The molecule has 5 nitrogen and oxygen atoms in total. The van der Waals surface area contributed by atoms with Crippen molar-refractivity contribution in [2.45, 2.75) is 32.6 Å². The Hall–Kier alpha value is -2.26. The number of halogens is 3. The molecule has 3 rings (SSSR count). The minimum Gasteiger partial charge on any atom is -0.318 e. The minimum absolute atomic E-state index is 0.595. The molecule has 1 N–H and O–H groups in total. The number of benzene rings is 1. The van der Waals surface area contributed by atoms with Gasteiger partial charge in [-0.2, -0.15) is 13.2 Å². The van der Waals surface area contributed by atoms with Crippen molar-refractivity contribution in [2.75, 3.05) is 6.54 Å². The van der Waals surface area contributed by atoms with Crippen molar-refractivity contribution < 1.29 is 13.2 Å². The Bertz CT molecular complexity index is 839. The minimum atomic E-state index is -4.32. The molecule has 0 bridgehead atoms. The average Bonchev–Trinajstić information content (AvgIpc) is 3.27. The first-order valence-electron chi connectivity index (χ1n) is 8.17. The second-order valence-electron chi connectivity index (χ2n) is 5.68. The summed E-state index contributed by atoms with van der Waals surface area (Å²) in [7, 11) is 0. The van der Waals surface area contributed by atoms with E-state index in [1.165, 1.54) is 23.5 Å². The molecule has 0 saturated heterocycles. The third-order valence-electron chi connectivity index (χ3n) is 3.88. The Morgan fingerprint density at radius 1 is 1.19 bits per heavy atom. The van der Waals surface area contributed by atoms with Gasteiger partial charge in [0, 0.05) is 37.0 Å². The number of hydrogen-bond acceptors (Lipinski definition) is 5. The quantitative estimate of drug-likeness (QED) is 0.633. The number of nitrogens with one attached hydrogen (secondary N) is 1. The Morgan fingerprint density at radius 3 is 2.65 bits per heavy atom. The van der Waals surface area contributed by atoms with Crippen molar-refractivity contribution >= 4 is 11.3 Å². The van der Waals surface area contributed by atoms with Crippen LogP contribution >= 0.6 is 11.3 Å². The molecule has 0 spiro atoms. The molecule has 0 aliphatic heterocycles. The van der Waals surface area contributed by atoms with Crippen LogP contribution in [0.25, 0.3) is 10.6 Å². The summed E-state index contributed by atoms with van der Waals surface area (Å²) in [6, 6.07) is 5.07. The van der Waals surface area contributed by atoms with Crippen molar-refractivity contribution in [1.82, 2.24) is 25.1 Å². The molecule has 0 aliphatic rings. The van der Waals surface area contributed by atoms with Crippen LogP contribution < -0.4 is 5.32 Å². The molecule has 0 atom stereocenters. The lowest BCUT2D eigenvalue weighted by Crippen LogP contribution is -2.18. The van der Waals surface area contributed by atoms with Crippen LogP contribution in [-0.2, 0) is 25.7 Å². The fraction of sp³-hybridized carbons (Fsp3) is 0.353. The summed E-state index contributed by atoms with van der Waals surface area (Å²) in [5.41, 5.74) is 0.895. The normalized spacial score (nSPS) is 11.8. The molecular formula is C17H18F3N5S. The first kappa shape index (κ1) is 18.5. The van der Waals surface area contributed by atoms with Gasteiger partial charge in [-0.25, -0.2) is 4.98 Å². The second kappa shape index (κ2) is 7.96. The number of aromatic nitrogens is 4. The lowest BCUT2D eigenvalue weighted by atomic mass is 10.1. The Kier molecular flexibility index (Phi) is 5.67. The molecule has 2 heterocycles. The van der Waals surface area contributed by atoms with Crippen molar-refractivity contribution in [1.29, 1.82) is 0 Å². The van der Waals surface area contributed by atoms with E-state index in [2.05, 4.69) is 20.5 Å². The van der Waals surface area contributed by atoms with Crippen molar-refractivity contribution in [3.05, 3.63) is 53.1 Å². The van der Waals surface area contributed by atoms with Crippen molar-refractivity contribution in [3.8, 4) is 10.6 Å². The third kappa shape index (κ3) is 4.47. The van der Waals surface area contributed by atoms with E-state index in [4.69, 9.17) is 0 Å². The number of nitrogens with zero attached hydrogens (tertiary/aromatic N) is 4. The van der Waals surface area contributed by atoms with Crippen LogP contribution in [0.4, 0.5) is 13.2 Å². The standard InChI is InChI=1S/C17H18F3N5S/c1-2-25-11-22-24-15(25)7-8-21-9-14-10-26-16(23-14)12-3-5-13(6-4-12)17(18,19)20/h3-6,10-11,21H,2,7-9H2,1H3. The van der Waals surface area contributed by atoms with E-state index in [1.807, 2.05) is 16.9 Å². The summed E-state index contributed by atoms with van der Waals surface area (Å²) < 4.78 is 39.8. The van der Waals surface area contributed by atoms with Gasteiger partial charge in [0.25, 0.3) is 0 Å². The highest BCUT2D eigenvalue weighted by molar-refractivity contribution is 7.13. The van der Waals surface area contributed by atoms with Gasteiger partial charge in [0.1, 0.15) is 17.2 Å². The first-order chi connectivity index (χ1) is 12.5. The first-order valence-corrected chi connectivity index (χ1v) is 9.04. The number of thiazole rings is 1. The second-order valence-corrected chi connectivity index (χ2v) is 6.54. The predicted molar refractivity (Wildman–Crippen MR) is 93.7 cm³/mol. The molecule has 0 unspecified atom stereocenters. The zero-order valence-corrected chi connectivity index (χ0v) is 14.9. The van der Waals surface area contributed by atoms with E-state index >= 15 is 0 Å². The average molecular weight is 381 g/mol. The SMILES string of the molecule is CCn1cnnc1CCNCc1csc(-c2ccc(C(F)(F)F)cc2)n1. The molecule has 26 heavy (non-hydrogen) atoms. The van der Waals surface area contributed by atoms with Gasteiger partial charge in [-0.15, -0.1) is 21.5 Å². The van der Waals surface area contributed by atoms with E-state index < -0.39 is 11.7 Å². The summed E-state index contributed by atoms with van der Waals surface area (Å²) in [6.07, 6.45) is -1.84. The predicted octanol–water partition coefficient (Wildman–Crippen LogP) is 3.77. The van der Waals surface area contributed by atoms with Crippen LogP contribution in [0.5, 0.6) is 0 Å². The van der Waals surface area contributed by atoms with E-state index in [9.17, 15) is 13.2 Å². The van der Waals surface area contributed by atoms with Crippen molar-refractivity contribution in [2.24, 2.45) is 0 Å². The fourth-order valence-electron chi connectivity index (χ4n) is 2.48. The largest absolute Gasteiger partial charge is 0.416 e. The molecular weight excluding hydrogens is 363 g/mol. The van der Waals surface area contributed by atoms with E-state index in [-0.39, 0.29) is 0 Å². The zero-order valence-electron chi connectivity index (χ0n) is 14.1. The number of alkyl halides is 3. The van der Waals surface area contributed by atoms with Crippen LogP contribution in [0.3, 0.4) is 0 Å². The molecule has 0 amide bonds. The lowest BCUT2D eigenvalue weighted by Gasteiger charge is -2.06. The Morgan fingerprint density at radius 2 is 1.96 bits per heavy atom. The van der Waals surface area contributed by atoms with Gasteiger partial charge in [0.15, 0.2) is 0 Å². The number of hydrogen-bond donors (Lipinski definition) is 1. The summed E-state index contributed by atoms with van der Waals surface area (Å²) in [5.74, 6) is 0.934. The molecule has 138 valence electrons. The van der Waals surface area contributed by atoms with Gasteiger partial charge in [-0.3, -0.25) is 0 Å². The molecule has 3 aromatic rings. The smallest absolute Gasteiger partial charge is 0.318 e. The van der Waals surface area contributed by atoms with Gasteiger partial charge >= 0.3 is 6.18 Å². The van der Waals surface area contributed by atoms with Crippen molar-refractivity contribution in [3.63, 3.8) is 0 Å². The molecule has 0 aliphatic carbocycles. The van der Waals surface area contributed by atoms with Crippen LogP contribution in [0, 0.1) is 0 Å². The summed E-state index contributed by atoms with van der Waals surface area (Å²) >= 11 is 1.42. The highest BCUT2D eigenvalue weighted by Gasteiger charge is 2.30. The highest BCUT2D eigenvalue weighted by atomic mass is 32.1. The van der Waals surface area contributed by atoms with Crippen LogP contribution in [0.1, 0.15) is 24.0 Å². The summed E-state index contributed by atoms with van der Waals surface area (Å²) in [5, 5.41) is 13.9. The van der Waals surface area contributed by atoms with E-state index in [0.29, 0.717) is 17.1 Å². The van der Waals surface area contributed by atoms with Gasteiger partial charge in [0.2, 0.25) is 0 Å². The van der Waals surface area contributed by atoms with E-state index in [0.717, 1.165) is 43.2 Å². The van der Waals surface area contributed by atoms with Crippen LogP contribution in [0.15, 0.2) is 36.0 Å². The molecule has 2 aromatic heterocycles. The Labute approximate surface area is 152 Å². The monoisotopic (exact) mass is 381 g/mol. The van der Waals surface area contributed by atoms with E-state index in [1.54, 1.807) is 6.33 Å². The third-order valence-corrected chi connectivity index (χ3v) is 4.82. The summed E-state index contributed by atoms with van der Waals surface area (Å²) in [4.78, 5) is 4.48. The van der Waals surface area contributed by atoms with Gasteiger partial charge in [-0.1, -0.05) is 12.1 Å². The van der Waals surface area contributed by atoms with Gasteiger partial charge in [-0.05, 0) is 19.1 Å². The molecule has 0 saturated carbocycles. The summed E-state index contributed by atoms with van der Waals surface area (Å²) in [6.45, 7) is 4.21. The topological polar surface area (TPSA) is 55.6 Å².